The molecule has 0 saturated heterocycles. The van der Waals surface area contributed by atoms with Gasteiger partial charge in [0.15, 0.2) is 0 Å². The van der Waals surface area contributed by atoms with E-state index in [1.807, 2.05) is 41.4 Å². The first-order chi connectivity index (χ1) is 10.2. The molecule has 0 aromatic heterocycles. The second-order valence-electron chi connectivity index (χ2n) is 5.66. The number of nitrogens with zero attached hydrogens (tertiary/aromatic N) is 1. The van der Waals surface area contributed by atoms with Crippen LogP contribution in [0.25, 0.3) is 0 Å². The van der Waals surface area contributed by atoms with E-state index in [-0.39, 0.29) is 11.9 Å². The van der Waals surface area contributed by atoms with E-state index in [4.69, 9.17) is 0 Å². The number of hydrogen-bond donors (Lipinski definition) is 1. The Morgan fingerprint density at radius 3 is 2.48 bits per heavy atom. The zero-order valence-electron chi connectivity index (χ0n) is 12.4. The minimum atomic E-state index is 0.0250. The molecular formula is C18H20N2O. The van der Waals surface area contributed by atoms with E-state index in [9.17, 15) is 4.79 Å². The molecule has 1 aliphatic rings. The van der Waals surface area contributed by atoms with Gasteiger partial charge >= 0.3 is 0 Å². The van der Waals surface area contributed by atoms with Crippen molar-refractivity contribution in [3.63, 3.8) is 0 Å². The van der Waals surface area contributed by atoms with Gasteiger partial charge in [0.25, 0.3) is 0 Å². The van der Waals surface area contributed by atoms with E-state index in [1.165, 1.54) is 5.56 Å². The third-order valence-electron chi connectivity index (χ3n) is 4.27. The lowest BCUT2D eigenvalue weighted by Gasteiger charge is -2.26. The number of nitrogens with one attached hydrogen (secondary N) is 1. The van der Waals surface area contributed by atoms with Crippen molar-refractivity contribution >= 4 is 11.6 Å². The van der Waals surface area contributed by atoms with Crippen LogP contribution in [0.5, 0.6) is 0 Å². The highest BCUT2D eigenvalue weighted by atomic mass is 16.2. The minimum Gasteiger partial charge on any atom is -0.282 e. The van der Waals surface area contributed by atoms with Gasteiger partial charge in [-0.3, -0.25) is 15.2 Å². The van der Waals surface area contributed by atoms with Crippen molar-refractivity contribution in [3.05, 3.63) is 65.7 Å². The van der Waals surface area contributed by atoms with Crippen molar-refractivity contribution in [1.29, 1.82) is 0 Å². The molecular weight excluding hydrogens is 260 g/mol. The number of para-hydroxylation sites is 1. The molecule has 0 unspecified atom stereocenters. The Hall–Kier alpha value is -2.29. The SMILES string of the molecule is C[C@@H]1[C@@H](C)c2ccccc2N1NC(=O)Cc1ccccc1. The Labute approximate surface area is 125 Å². The van der Waals surface area contributed by atoms with Gasteiger partial charge in [-0.05, 0) is 24.1 Å². The third kappa shape index (κ3) is 2.64. The topological polar surface area (TPSA) is 32.3 Å². The summed E-state index contributed by atoms with van der Waals surface area (Å²) in [5.41, 5.74) is 6.50. The van der Waals surface area contributed by atoms with Gasteiger partial charge in [-0.2, -0.15) is 0 Å². The number of hydrogen-bond acceptors (Lipinski definition) is 2. The van der Waals surface area contributed by atoms with Crippen molar-refractivity contribution in [2.75, 3.05) is 5.01 Å². The molecule has 0 bridgehead atoms. The molecule has 0 fully saturated rings. The Morgan fingerprint density at radius 1 is 1.05 bits per heavy atom. The average molecular weight is 280 g/mol. The molecule has 2 aromatic rings. The van der Waals surface area contributed by atoms with Crippen LogP contribution < -0.4 is 10.4 Å². The van der Waals surface area contributed by atoms with Gasteiger partial charge in [-0.15, -0.1) is 0 Å². The fraction of sp³-hybridized carbons (Fsp3) is 0.278. The van der Waals surface area contributed by atoms with Crippen LogP contribution in [0.2, 0.25) is 0 Å². The first-order valence-corrected chi connectivity index (χ1v) is 7.38. The molecule has 0 spiro atoms. The van der Waals surface area contributed by atoms with Gasteiger partial charge in [0.05, 0.1) is 18.2 Å². The summed E-state index contributed by atoms with van der Waals surface area (Å²) in [6.45, 7) is 4.35. The van der Waals surface area contributed by atoms with E-state index < -0.39 is 0 Å². The highest BCUT2D eigenvalue weighted by Crippen LogP contribution is 2.38. The monoisotopic (exact) mass is 280 g/mol. The second kappa shape index (κ2) is 5.60. The van der Waals surface area contributed by atoms with Crippen LogP contribution in [0.15, 0.2) is 54.6 Å². The summed E-state index contributed by atoms with van der Waals surface area (Å²) in [5, 5.41) is 2.01. The number of carbonyl (C=O) groups excluding carboxylic acids is 1. The molecule has 3 nitrogen and oxygen atoms in total. The maximum absolute atomic E-state index is 12.3. The summed E-state index contributed by atoms with van der Waals surface area (Å²) < 4.78 is 0. The van der Waals surface area contributed by atoms with Crippen LogP contribution in [0.4, 0.5) is 5.69 Å². The average Bonchev–Trinajstić information content (AvgIpc) is 2.74. The predicted octanol–water partition coefficient (Wildman–Crippen LogP) is 3.27. The van der Waals surface area contributed by atoms with Crippen molar-refractivity contribution in [2.45, 2.75) is 32.2 Å². The molecule has 0 radical (unpaired) electrons. The molecule has 21 heavy (non-hydrogen) atoms. The van der Waals surface area contributed by atoms with E-state index in [2.05, 4.69) is 37.5 Å². The first-order valence-electron chi connectivity index (χ1n) is 7.38. The number of rotatable bonds is 3. The quantitative estimate of drug-likeness (QED) is 0.936. The highest BCUT2D eigenvalue weighted by molar-refractivity contribution is 5.81. The van der Waals surface area contributed by atoms with E-state index >= 15 is 0 Å². The van der Waals surface area contributed by atoms with Crippen molar-refractivity contribution in [2.24, 2.45) is 0 Å². The Kier molecular flexibility index (Phi) is 3.65. The fourth-order valence-corrected chi connectivity index (χ4v) is 2.91. The van der Waals surface area contributed by atoms with E-state index in [1.54, 1.807) is 0 Å². The molecule has 0 aliphatic carbocycles. The van der Waals surface area contributed by atoms with Crippen LogP contribution in [-0.4, -0.2) is 11.9 Å². The fourth-order valence-electron chi connectivity index (χ4n) is 2.91. The normalized spacial score (nSPS) is 20.2. The molecule has 1 heterocycles. The second-order valence-corrected chi connectivity index (χ2v) is 5.66. The summed E-state index contributed by atoms with van der Waals surface area (Å²) in [7, 11) is 0. The molecule has 1 N–H and O–H groups in total. The Balaban J connectivity index is 1.74. The number of carbonyl (C=O) groups is 1. The van der Waals surface area contributed by atoms with Crippen molar-refractivity contribution in [1.82, 2.24) is 5.43 Å². The molecule has 1 amide bonds. The molecule has 2 atom stereocenters. The summed E-state index contributed by atoms with van der Waals surface area (Å²) in [6.07, 6.45) is 0.403. The summed E-state index contributed by atoms with van der Waals surface area (Å²) in [5.74, 6) is 0.440. The summed E-state index contributed by atoms with van der Waals surface area (Å²) in [6, 6.07) is 18.4. The Morgan fingerprint density at radius 2 is 1.71 bits per heavy atom. The molecule has 3 heteroatoms. The number of amides is 1. The van der Waals surface area contributed by atoms with Crippen molar-refractivity contribution < 1.29 is 4.79 Å². The lowest BCUT2D eigenvalue weighted by Crippen LogP contribution is -2.46. The van der Waals surface area contributed by atoms with Crippen LogP contribution in [0.3, 0.4) is 0 Å². The van der Waals surface area contributed by atoms with Crippen LogP contribution in [0.1, 0.15) is 30.9 Å². The number of anilines is 1. The lowest BCUT2D eigenvalue weighted by atomic mass is 9.99. The smallest absolute Gasteiger partial charge is 0.242 e. The molecule has 1 aliphatic heterocycles. The summed E-state index contributed by atoms with van der Waals surface area (Å²) >= 11 is 0. The number of benzene rings is 2. The molecule has 108 valence electrons. The van der Waals surface area contributed by atoms with Crippen LogP contribution >= 0.6 is 0 Å². The van der Waals surface area contributed by atoms with Gasteiger partial charge in [-0.25, -0.2) is 0 Å². The standard InChI is InChI=1S/C18H20N2O/c1-13-14(2)20(17-11-7-6-10-16(13)17)19-18(21)12-15-8-4-3-5-9-15/h3-11,13-14H,12H2,1-2H3,(H,19,21)/t13-,14-/m1/s1. The molecule has 3 rings (SSSR count). The van der Waals surface area contributed by atoms with Gasteiger partial charge in [0.1, 0.15) is 0 Å². The largest absolute Gasteiger partial charge is 0.282 e. The first kappa shape index (κ1) is 13.7. The maximum Gasteiger partial charge on any atom is 0.242 e. The highest BCUT2D eigenvalue weighted by Gasteiger charge is 2.33. The molecule has 2 aromatic carbocycles. The van der Waals surface area contributed by atoms with Gasteiger partial charge in [0, 0.05) is 5.92 Å². The zero-order valence-corrected chi connectivity index (χ0v) is 12.4. The van der Waals surface area contributed by atoms with Gasteiger partial charge in [0.2, 0.25) is 5.91 Å². The van der Waals surface area contributed by atoms with E-state index in [0.29, 0.717) is 12.3 Å². The molecule has 0 saturated carbocycles. The van der Waals surface area contributed by atoms with E-state index in [0.717, 1.165) is 11.3 Å². The summed E-state index contributed by atoms with van der Waals surface area (Å²) in [4.78, 5) is 12.3. The Bertz CT molecular complexity index is 639. The number of fused-ring (bicyclic) bond motifs is 1. The number of hydrazine groups is 1. The predicted molar refractivity (Wildman–Crippen MR) is 85.1 cm³/mol. The minimum absolute atomic E-state index is 0.0250. The van der Waals surface area contributed by atoms with Crippen molar-refractivity contribution in [3.8, 4) is 0 Å². The lowest BCUT2D eigenvalue weighted by molar-refractivity contribution is -0.120. The zero-order chi connectivity index (χ0) is 14.8. The van der Waals surface area contributed by atoms with Crippen LogP contribution in [-0.2, 0) is 11.2 Å². The maximum atomic E-state index is 12.3. The van der Waals surface area contributed by atoms with Crippen LogP contribution in [0, 0.1) is 0 Å². The van der Waals surface area contributed by atoms with Gasteiger partial charge < -0.3 is 0 Å². The van der Waals surface area contributed by atoms with Gasteiger partial charge in [-0.1, -0.05) is 55.5 Å². The third-order valence-corrected chi connectivity index (χ3v) is 4.27.